The summed E-state index contributed by atoms with van der Waals surface area (Å²) in [5.41, 5.74) is 1.18. The highest BCUT2D eigenvalue weighted by Gasteiger charge is 2.17. The average Bonchev–Trinajstić information content (AvgIpc) is 1.85. The van der Waals surface area contributed by atoms with Crippen LogP contribution in [0.1, 0.15) is 5.56 Å². The topological polar surface area (TPSA) is 12.9 Å². The van der Waals surface area contributed by atoms with E-state index in [1.807, 2.05) is 18.3 Å². The number of halogens is 3. The fourth-order valence-electron chi connectivity index (χ4n) is 0.734. The largest absolute Gasteiger partial charge is 0.264 e. The molecule has 0 amide bonds. The van der Waals surface area contributed by atoms with E-state index in [9.17, 15) is 0 Å². The minimum Gasteiger partial charge on any atom is -0.264 e. The molecule has 0 fully saturated rings. The van der Waals surface area contributed by atoms with E-state index in [2.05, 4.69) is 52.8 Å². The van der Waals surface area contributed by atoms with Gasteiger partial charge in [0.2, 0.25) is 0 Å². The second kappa shape index (κ2) is 4.01. The van der Waals surface area contributed by atoms with E-state index in [4.69, 9.17) is 0 Å². The number of hydrogen-bond acceptors (Lipinski definition) is 1. The predicted octanol–water partition coefficient (Wildman–Crippen LogP) is 3.46. The van der Waals surface area contributed by atoms with Gasteiger partial charge in [-0.05, 0) is 11.6 Å². The van der Waals surface area contributed by atoms with Crippen molar-refractivity contribution in [2.75, 3.05) is 0 Å². The lowest BCUT2D eigenvalue weighted by Crippen LogP contribution is -2.04. The van der Waals surface area contributed by atoms with E-state index in [-0.39, 0.29) is 2.14 Å². The average molecular weight is 344 g/mol. The van der Waals surface area contributed by atoms with Crippen molar-refractivity contribution in [1.29, 1.82) is 0 Å². The molecule has 0 aliphatic carbocycles. The maximum absolute atomic E-state index is 4.01. The fraction of sp³-hybridized carbons (Fsp3) is 0.286. The lowest BCUT2D eigenvalue weighted by Gasteiger charge is -2.10. The quantitative estimate of drug-likeness (QED) is 0.712. The highest BCUT2D eigenvalue weighted by atomic mass is 80.0. The summed E-state index contributed by atoms with van der Waals surface area (Å²) in [6.07, 6.45) is 4.46. The van der Waals surface area contributed by atoms with Crippen molar-refractivity contribution in [3.8, 4) is 0 Å². The summed E-state index contributed by atoms with van der Waals surface area (Å²) in [7, 11) is 0. The number of nitrogens with zero attached hydrogens (tertiary/aromatic N) is 1. The third-order valence-corrected chi connectivity index (χ3v) is 1.97. The van der Waals surface area contributed by atoms with Gasteiger partial charge in [0.1, 0.15) is 2.14 Å². The van der Waals surface area contributed by atoms with Gasteiger partial charge >= 0.3 is 0 Å². The van der Waals surface area contributed by atoms with Crippen LogP contribution in [0, 0.1) is 0 Å². The monoisotopic (exact) mass is 341 g/mol. The molecule has 0 aliphatic rings. The van der Waals surface area contributed by atoms with Gasteiger partial charge < -0.3 is 0 Å². The van der Waals surface area contributed by atoms with E-state index < -0.39 is 0 Å². The summed E-state index contributed by atoms with van der Waals surface area (Å²) in [5.74, 6) is 0. The van der Waals surface area contributed by atoms with Crippen LogP contribution in [-0.2, 0) is 6.42 Å². The lowest BCUT2D eigenvalue weighted by atomic mass is 10.2. The molecule has 60 valence electrons. The van der Waals surface area contributed by atoms with Crippen molar-refractivity contribution in [2.24, 2.45) is 0 Å². The van der Waals surface area contributed by atoms with Gasteiger partial charge in [0.05, 0.1) is 0 Å². The van der Waals surface area contributed by atoms with Crippen LogP contribution in [0.25, 0.3) is 0 Å². The van der Waals surface area contributed by atoms with Crippen molar-refractivity contribution in [3.63, 3.8) is 0 Å². The summed E-state index contributed by atoms with van der Waals surface area (Å²) < 4.78 is -0.198. The summed E-state index contributed by atoms with van der Waals surface area (Å²) >= 11 is 10.3. The van der Waals surface area contributed by atoms with Gasteiger partial charge in [0, 0.05) is 18.8 Å². The molecule has 0 aromatic carbocycles. The Hall–Kier alpha value is 0.590. The van der Waals surface area contributed by atoms with Gasteiger partial charge in [-0.2, -0.15) is 0 Å². The first kappa shape index (κ1) is 9.68. The second-order valence-electron chi connectivity index (χ2n) is 2.15. The number of rotatable bonds is 1. The molecule has 1 aromatic heterocycles. The Balaban J connectivity index is 2.66. The van der Waals surface area contributed by atoms with Crippen LogP contribution in [0.4, 0.5) is 0 Å². The zero-order chi connectivity index (χ0) is 8.32. The minimum atomic E-state index is -0.198. The normalized spacial score (nSPS) is 11.5. The van der Waals surface area contributed by atoms with Crippen molar-refractivity contribution in [1.82, 2.24) is 4.98 Å². The molecule has 1 aromatic rings. The second-order valence-corrected chi connectivity index (χ2v) is 9.41. The van der Waals surface area contributed by atoms with Crippen LogP contribution in [0.15, 0.2) is 24.5 Å². The number of alkyl halides is 3. The van der Waals surface area contributed by atoms with E-state index in [0.717, 1.165) is 6.42 Å². The molecule has 0 bridgehead atoms. The van der Waals surface area contributed by atoms with Crippen molar-refractivity contribution < 1.29 is 0 Å². The van der Waals surface area contributed by atoms with Crippen LogP contribution < -0.4 is 0 Å². The summed E-state index contributed by atoms with van der Waals surface area (Å²) in [4.78, 5) is 4.01. The van der Waals surface area contributed by atoms with Crippen molar-refractivity contribution >= 4 is 47.8 Å². The minimum absolute atomic E-state index is 0.198. The van der Waals surface area contributed by atoms with Crippen LogP contribution in [-0.4, -0.2) is 7.13 Å². The van der Waals surface area contributed by atoms with Gasteiger partial charge in [-0.25, -0.2) is 0 Å². The fourth-order valence-corrected chi connectivity index (χ4v) is 1.71. The highest BCUT2D eigenvalue weighted by Crippen LogP contribution is 2.36. The first-order valence-corrected chi connectivity index (χ1v) is 5.41. The maximum atomic E-state index is 4.01. The molecule has 0 saturated carbocycles. The maximum Gasteiger partial charge on any atom is 0.139 e. The van der Waals surface area contributed by atoms with Gasteiger partial charge in [-0.1, -0.05) is 53.9 Å². The summed E-state index contributed by atoms with van der Waals surface area (Å²) in [6, 6.07) is 3.96. The predicted molar refractivity (Wildman–Crippen MR) is 57.5 cm³/mol. The smallest absolute Gasteiger partial charge is 0.139 e. The first-order chi connectivity index (χ1) is 5.08. The molecule has 0 aliphatic heterocycles. The molecule has 0 unspecified atom stereocenters. The Morgan fingerprint density at radius 2 is 2.09 bits per heavy atom. The molecule has 0 atom stereocenters. The van der Waals surface area contributed by atoms with E-state index in [0.29, 0.717) is 0 Å². The van der Waals surface area contributed by atoms with Crippen LogP contribution in [0.3, 0.4) is 0 Å². The molecule has 0 spiro atoms. The molecular weight excluding hydrogens is 338 g/mol. The van der Waals surface area contributed by atoms with Crippen molar-refractivity contribution in [2.45, 2.75) is 8.56 Å². The van der Waals surface area contributed by atoms with E-state index >= 15 is 0 Å². The Labute approximate surface area is 91.0 Å². The molecule has 1 rings (SSSR count). The Bertz CT molecular complexity index is 217. The van der Waals surface area contributed by atoms with Gasteiger partial charge in [0.25, 0.3) is 0 Å². The third kappa shape index (κ3) is 4.23. The summed E-state index contributed by atoms with van der Waals surface area (Å²) in [6.45, 7) is 0. The molecule has 0 saturated heterocycles. The van der Waals surface area contributed by atoms with Gasteiger partial charge in [-0.15, -0.1) is 0 Å². The van der Waals surface area contributed by atoms with E-state index in [1.165, 1.54) is 5.56 Å². The Kier molecular flexibility index (Phi) is 3.52. The molecule has 0 radical (unpaired) electrons. The highest BCUT2D eigenvalue weighted by molar-refractivity contribution is 9.39. The number of pyridine rings is 1. The SMILES string of the molecule is BrC(Br)(Br)Cc1cccnc1. The van der Waals surface area contributed by atoms with Gasteiger partial charge in [-0.3, -0.25) is 4.98 Å². The van der Waals surface area contributed by atoms with Crippen LogP contribution in [0.2, 0.25) is 0 Å². The van der Waals surface area contributed by atoms with Crippen LogP contribution in [0.5, 0.6) is 0 Å². The zero-order valence-corrected chi connectivity index (χ0v) is 10.4. The standard InChI is InChI=1S/C7H6Br3N/c8-7(9,10)4-6-2-1-3-11-5-6/h1-3,5H,4H2. The number of hydrogen-bond donors (Lipinski definition) is 0. The number of aromatic nitrogens is 1. The summed E-state index contributed by atoms with van der Waals surface area (Å²) in [5, 5.41) is 0. The van der Waals surface area contributed by atoms with Gasteiger partial charge in [0.15, 0.2) is 0 Å². The molecule has 1 heterocycles. The van der Waals surface area contributed by atoms with Crippen LogP contribution >= 0.6 is 47.8 Å². The van der Waals surface area contributed by atoms with E-state index in [1.54, 1.807) is 6.20 Å². The Morgan fingerprint density at radius 1 is 1.36 bits per heavy atom. The first-order valence-electron chi connectivity index (χ1n) is 3.03. The molecular formula is C7H6Br3N. The Morgan fingerprint density at radius 3 is 2.55 bits per heavy atom. The molecule has 1 nitrogen and oxygen atoms in total. The molecule has 0 N–H and O–H groups in total. The third-order valence-electron chi connectivity index (χ3n) is 1.13. The zero-order valence-electron chi connectivity index (χ0n) is 5.60. The molecule has 11 heavy (non-hydrogen) atoms. The molecule has 4 heteroatoms. The van der Waals surface area contributed by atoms with Crippen molar-refractivity contribution in [3.05, 3.63) is 30.1 Å². The lowest BCUT2D eigenvalue weighted by molar-refractivity contribution is 1.07.